The van der Waals surface area contributed by atoms with Crippen LogP contribution in [0, 0.1) is 5.92 Å². The van der Waals surface area contributed by atoms with Crippen molar-refractivity contribution < 1.29 is 14.6 Å². The number of carbonyl (C=O) groups is 1. The van der Waals surface area contributed by atoms with Gasteiger partial charge in [-0.05, 0) is 32.1 Å². The van der Waals surface area contributed by atoms with Gasteiger partial charge in [0.2, 0.25) is 0 Å². The molecule has 4 nitrogen and oxygen atoms in total. The highest BCUT2D eigenvalue weighted by atomic mass is 16.5. The third kappa shape index (κ3) is 3.45. The number of carboxylic acid groups (broad SMARTS) is 1. The number of ether oxygens (including phenoxy) is 1. The Hall–Kier alpha value is -0.610. The molecule has 2 rings (SSSR count). The van der Waals surface area contributed by atoms with E-state index >= 15 is 0 Å². The van der Waals surface area contributed by atoms with Crippen molar-refractivity contribution in [1.29, 1.82) is 0 Å². The van der Waals surface area contributed by atoms with E-state index in [0.717, 1.165) is 38.5 Å². The second kappa shape index (κ2) is 6.53. The molecule has 0 aromatic heterocycles. The summed E-state index contributed by atoms with van der Waals surface area (Å²) in [6.07, 6.45) is 8.86. The standard InChI is InChI=1S/C14H25NO3/c1-18-13-8-3-2-7-12(13)15-11-6-4-5-10(9-11)14(16)17/h10-13,15H,2-9H2,1H3,(H,16,17). The minimum absolute atomic E-state index is 0.152. The Morgan fingerprint density at radius 2 is 1.94 bits per heavy atom. The predicted octanol–water partition coefficient (Wildman–Crippen LogP) is 2.18. The van der Waals surface area contributed by atoms with E-state index in [9.17, 15) is 4.79 Å². The molecule has 18 heavy (non-hydrogen) atoms. The molecule has 0 spiro atoms. The first-order valence-corrected chi connectivity index (χ1v) is 7.22. The molecule has 2 fully saturated rings. The van der Waals surface area contributed by atoms with E-state index in [1.165, 1.54) is 12.8 Å². The molecule has 4 heteroatoms. The highest BCUT2D eigenvalue weighted by molar-refractivity contribution is 5.70. The van der Waals surface area contributed by atoms with Crippen molar-refractivity contribution in [2.75, 3.05) is 7.11 Å². The zero-order valence-electron chi connectivity index (χ0n) is 11.2. The van der Waals surface area contributed by atoms with Gasteiger partial charge in [0.25, 0.3) is 0 Å². The zero-order chi connectivity index (χ0) is 13.0. The highest BCUT2D eigenvalue weighted by Crippen LogP contribution is 2.27. The average molecular weight is 255 g/mol. The molecule has 0 saturated heterocycles. The van der Waals surface area contributed by atoms with Crippen LogP contribution >= 0.6 is 0 Å². The summed E-state index contributed by atoms with van der Waals surface area (Å²) in [7, 11) is 1.78. The summed E-state index contributed by atoms with van der Waals surface area (Å²) in [5.41, 5.74) is 0. The van der Waals surface area contributed by atoms with Gasteiger partial charge in [-0.3, -0.25) is 4.79 Å². The molecule has 0 aromatic carbocycles. The Labute approximate surface area is 109 Å². The van der Waals surface area contributed by atoms with E-state index < -0.39 is 5.97 Å². The minimum atomic E-state index is -0.631. The number of carboxylic acids is 1. The van der Waals surface area contributed by atoms with Crippen molar-refractivity contribution in [2.24, 2.45) is 5.92 Å². The van der Waals surface area contributed by atoms with E-state index in [0.29, 0.717) is 18.2 Å². The number of nitrogens with one attached hydrogen (secondary N) is 1. The molecule has 2 saturated carbocycles. The third-order valence-electron chi connectivity index (χ3n) is 4.48. The molecule has 0 aliphatic heterocycles. The van der Waals surface area contributed by atoms with Crippen molar-refractivity contribution in [2.45, 2.75) is 69.6 Å². The lowest BCUT2D eigenvalue weighted by molar-refractivity contribution is -0.143. The van der Waals surface area contributed by atoms with Crippen LogP contribution in [0.4, 0.5) is 0 Å². The summed E-state index contributed by atoms with van der Waals surface area (Å²) in [5.74, 6) is -0.783. The maximum atomic E-state index is 11.1. The first-order valence-electron chi connectivity index (χ1n) is 7.22. The second-order valence-electron chi connectivity index (χ2n) is 5.73. The fourth-order valence-corrected chi connectivity index (χ4v) is 3.44. The maximum absolute atomic E-state index is 11.1. The fraction of sp³-hybridized carbons (Fsp3) is 0.929. The van der Waals surface area contributed by atoms with Crippen molar-refractivity contribution >= 4 is 5.97 Å². The number of methoxy groups -OCH3 is 1. The van der Waals surface area contributed by atoms with Crippen molar-refractivity contribution in [3.63, 3.8) is 0 Å². The van der Waals surface area contributed by atoms with Gasteiger partial charge in [-0.1, -0.05) is 19.3 Å². The third-order valence-corrected chi connectivity index (χ3v) is 4.48. The lowest BCUT2D eigenvalue weighted by Gasteiger charge is -2.36. The summed E-state index contributed by atoms with van der Waals surface area (Å²) in [6.45, 7) is 0. The largest absolute Gasteiger partial charge is 0.481 e. The predicted molar refractivity (Wildman–Crippen MR) is 69.6 cm³/mol. The Morgan fingerprint density at radius 1 is 1.17 bits per heavy atom. The summed E-state index contributed by atoms with van der Waals surface area (Å²) < 4.78 is 5.54. The minimum Gasteiger partial charge on any atom is -0.481 e. The second-order valence-corrected chi connectivity index (χ2v) is 5.73. The Balaban J connectivity index is 1.85. The van der Waals surface area contributed by atoms with E-state index in [1.54, 1.807) is 7.11 Å². The van der Waals surface area contributed by atoms with Crippen LogP contribution in [-0.2, 0) is 9.53 Å². The van der Waals surface area contributed by atoms with Gasteiger partial charge in [0.05, 0.1) is 12.0 Å². The molecular weight excluding hydrogens is 230 g/mol. The molecule has 2 aliphatic carbocycles. The molecule has 4 unspecified atom stereocenters. The number of hydrogen-bond acceptors (Lipinski definition) is 3. The zero-order valence-corrected chi connectivity index (χ0v) is 11.2. The van der Waals surface area contributed by atoms with E-state index in [2.05, 4.69) is 5.32 Å². The summed E-state index contributed by atoms with van der Waals surface area (Å²) in [4.78, 5) is 11.1. The molecule has 0 heterocycles. The maximum Gasteiger partial charge on any atom is 0.306 e. The molecular formula is C14H25NO3. The molecule has 0 aromatic rings. The number of hydrogen-bond donors (Lipinski definition) is 2. The van der Waals surface area contributed by atoms with E-state index in [1.807, 2.05) is 0 Å². The fourth-order valence-electron chi connectivity index (χ4n) is 3.44. The van der Waals surface area contributed by atoms with E-state index in [4.69, 9.17) is 9.84 Å². The summed E-state index contributed by atoms with van der Waals surface area (Å²) in [5, 5.41) is 12.8. The van der Waals surface area contributed by atoms with Crippen LogP contribution in [0.1, 0.15) is 51.4 Å². The lowest BCUT2D eigenvalue weighted by atomic mass is 9.84. The van der Waals surface area contributed by atoms with Crippen molar-refractivity contribution in [1.82, 2.24) is 5.32 Å². The van der Waals surface area contributed by atoms with Gasteiger partial charge in [0.15, 0.2) is 0 Å². The molecule has 0 radical (unpaired) electrons. The first-order chi connectivity index (χ1) is 8.70. The van der Waals surface area contributed by atoms with Crippen LogP contribution in [0.25, 0.3) is 0 Å². The Bertz CT molecular complexity index is 282. The van der Waals surface area contributed by atoms with Crippen LogP contribution in [0.3, 0.4) is 0 Å². The van der Waals surface area contributed by atoms with Crippen LogP contribution in [0.2, 0.25) is 0 Å². The monoisotopic (exact) mass is 255 g/mol. The topological polar surface area (TPSA) is 58.6 Å². The Morgan fingerprint density at radius 3 is 2.67 bits per heavy atom. The van der Waals surface area contributed by atoms with Crippen LogP contribution in [0.15, 0.2) is 0 Å². The van der Waals surface area contributed by atoms with Gasteiger partial charge < -0.3 is 15.2 Å². The lowest BCUT2D eigenvalue weighted by Crippen LogP contribution is -2.49. The van der Waals surface area contributed by atoms with Crippen molar-refractivity contribution in [3.8, 4) is 0 Å². The van der Waals surface area contributed by atoms with Gasteiger partial charge in [-0.2, -0.15) is 0 Å². The molecule has 0 amide bonds. The average Bonchev–Trinajstić information content (AvgIpc) is 2.39. The Kier molecular flexibility index (Phi) is 5.01. The quantitative estimate of drug-likeness (QED) is 0.808. The molecule has 104 valence electrons. The highest BCUT2D eigenvalue weighted by Gasteiger charge is 2.31. The SMILES string of the molecule is COC1CCCCC1NC1CCCC(C(=O)O)C1. The van der Waals surface area contributed by atoms with Gasteiger partial charge >= 0.3 is 5.97 Å². The van der Waals surface area contributed by atoms with Crippen LogP contribution in [-0.4, -0.2) is 36.4 Å². The van der Waals surface area contributed by atoms with E-state index in [-0.39, 0.29) is 5.92 Å². The summed E-state index contributed by atoms with van der Waals surface area (Å²) in [6, 6.07) is 0.780. The number of rotatable bonds is 4. The smallest absolute Gasteiger partial charge is 0.306 e. The first kappa shape index (κ1) is 13.8. The molecule has 0 bridgehead atoms. The van der Waals surface area contributed by atoms with Gasteiger partial charge in [-0.15, -0.1) is 0 Å². The van der Waals surface area contributed by atoms with Gasteiger partial charge in [0.1, 0.15) is 0 Å². The normalized spacial score (nSPS) is 37.4. The van der Waals surface area contributed by atoms with Gasteiger partial charge in [0, 0.05) is 19.2 Å². The number of aliphatic carboxylic acids is 1. The van der Waals surface area contributed by atoms with Crippen LogP contribution < -0.4 is 5.32 Å². The molecule has 4 atom stereocenters. The molecule has 2 N–H and O–H groups in total. The molecule has 2 aliphatic rings. The van der Waals surface area contributed by atoms with Crippen LogP contribution in [0.5, 0.6) is 0 Å². The van der Waals surface area contributed by atoms with Gasteiger partial charge in [-0.25, -0.2) is 0 Å². The summed E-state index contributed by atoms with van der Waals surface area (Å²) >= 11 is 0. The van der Waals surface area contributed by atoms with Crippen molar-refractivity contribution in [3.05, 3.63) is 0 Å².